The lowest BCUT2D eigenvalue weighted by Crippen LogP contribution is -2.21. The van der Waals surface area contributed by atoms with Gasteiger partial charge in [0.1, 0.15) is 11.6 Å². The zero-order valence-corrected chi connectivity index (χ0v) is 12.0. The number of benzene rings is 2. The molecule has 21 heavy (non-hydrogen) atoms. The smallest absolute Gasteiger partial charge is 0.264 e. The van der Waals surface area contributed by atoms with Gasteiger partial charge in [-0.1, -0.05) is 18.2 Å². The highest BCUT2D eigenvalue weighted by molar-refractivity contribution is 5.84. The van der Waals surface area contributed by atoms with Crippen LogP contribution in [0, 0.1) is 6.92 Å². The lowest BCUT2D eigenvalue weighted by atomic mass is 10.1. The predicted octanol–water partition coefficient (Wildman–Crippen LogP) is 2.89. The number of aromatic nitrogens is 1. The van der Waals surface area contributed by atoms with E-state index in [0.29, 0.717) is 11.2 Å². The maximum Gasteiger partial charge on any atom is 0.264 e. The van der Waals surface area contributed by atoms with E-state index in [2.05, 4.69) is 0 Å². The van der Waals surface area contributed by atoms with E-state index in [1.807, 2.05) is 55.5 Å². The molecule has 0 fully saturated rings. The molecule has 4 heteroatoms. The average molecular weight is 280 g/mol. The molecule has 0 aliphatic heterocycles. The summed E-state index contributed by atoms with van der Waals surface area (Å²) >= 11 is 0. The average Bonchev–Trinajstić information content (AvgIpc) is 2.47. The molecule has 0 aliphatic carbocycles. The second-order valence-electron chi connectivity index (χ2n) is 4.95. The van der Waals surface area contributed by atoms with E-state index in [4.69, 9.17) is 10.5 Å². The Morgan fingerprint density at radius 2 is 1.86 bits per heavy atom. The van der Waals surface area contributed by atoms with Gasteiger partial charge in [-0.3, -0.25) is 9.36 Å². The maximum atomic E-state index is 12.7. The number of anilines is 1. The van der Waals surface area contributed by atoms with Crippen molar-refractivity contribution in [3.05, 3.63) is 64.4 Å². The van der Waals surface area contributed by atoms with Crippen LogP contribution in [-0.2, 0) is 0 Å². The molecule has 0 aliphatic rings. The minimum Gasteiger partial charge on any atom is -0.496 e. The molecular formula is C17H16N2O2. The number of nitrogen functional groups attached to an aromatic ring is 1. The summed E-state index contributed by atoms with van der Waals surface area (Å²) in [5.74, 6) is 1.20. The highest BCUT2D eigenvalue weighted by atomic mass is 16.5. The Balaban J connectivity index is 2.30. The standard InChI is InChI=1S/C17H16N2O2/c1-11-9-13(7-8-15(11)21-2)19-16(18)10-12-5-3-4-6-14(12)17(19)20/h3-10H,18H2,1-2H3. The molecular weight excluding hydrogens is 264 g/mol. The Hall–Kier alpha value is -2.75. The molecule has 0 radical (unpaired) electrons. The second-order valence-corrected chi connectivity index (χ2v) is 4.95. The van der Waals surface area contributed by atoms with Crippen molar-refractivity contribution in [1.82, 2.24) is 4.57 Å². The highest BCUT2D eigenvalue weighted by Crippen LogP contribution is 2.23. The number of aryl methyl sites for hydroxylation is 1. The molecule has 0 unspecified atom stereocenters. The molecule has 4 nitrogen and oxygen atoms in total. The first-order chi connectivity index (χ1) is 10.1. The first kappa shape index (κ1) is 13.2. The Kier molecular flexibility index (Phi) is 3.14. The van der Waals surface area contributed by atoms with E-state index in [9.17, 15) is 4.79 Å². The third kappa shape index (κ3) is 2.14. The number of ether oxygens (including phenoxy) is 1. The molecule has 0 saturated carbocycles. The molecule has 3 rings (SSSR count). The Morgan fingerprint density at radius 3 is 2.57 bits per heavy atom. The molecule has 2 aromatic carbocycles. The summed E-state index contributed by atoms with van der Waals surface area (Å²) in [6.07, 6.45) is 0. The molecule has 2 N–H and O–H groups in total. The number of methoxy groups -OCH3 is 1. The van der Waals surface area contributed by atoms with Crippen LogP contribution in [0.1, 0.15) is 5.56 Å². The fourth-order valence-electron chi connectivity index (χ4n) is 2.55. The van der Waals surface area contributed by atoms with E-state index in [-0.39, 0.29) is 5.56 Å². The summed E-state index contributed by atoms with van der Waals surface area (Å²) in [6.45, 7) is 1.94. The zero-order chi connectivity index (χ0) is 15.0. The summed E-state index contributed by atoms with van der Waals surface area (Å²) in [5, 5.41) is 1.50. The summed E-state index contributed by atoms with van der Waals surface area (Å²) in [6, 6.07) is 14.8. The maximum absolute atomic E-state index is 12.7. The summed E-state index contributed by atoms with van der Waals surface area (Å²) in [4.78, 5) is 12.7. The van der Waals surface area contributed by atoms with Crippen LogP contribution in [0.5, 0.6) is 5.75 Å². The quantitative estimate of drug-likeness (QED) is 0.785. The topological polar surface area (TPSA) is 57.2 Å². The van der Waals surface area contributed by atoms with Gasteiger partial charge in [0.15, 0.2) is 0 Å². The van der Waals surface area contributed by atoms with Crippen LogP contribution in [0.3, 0.4) is 0 Å². The molecule has 1 heterocycles. The van der Waals surface area contributed by atoms with E-state index in [0.717, 1.165) is 22.4 Å². The normalized spacial score (nSPS) is 10.8. The van der Waals surface area contributed by atoms with E-state index >= 15 is 0 Å². The van der Waals surface area contributed by atoms with Gasteiger partial charge in [-0.05, 0) is 48.2 Å². The lowest BCUT2D eigenvalue weighted by molar-refractivity contribution is 0.411. The second kappa shape index (κ2) is 4.98. The van der Waals surface area contributed by atoms with Crippen LogP contribution in [0.15, 0.2) is 53.3 Å². The molecule has 0 atom stereocenters. The lowest BCUT2D eigenvalue weighted by Gasteiger charge is -2.13. The molecule has 0 saturated heterocycles. The number of pyridine rings is 1. The van der Waals surface area contributed by atoms with Gasteiger partial charge in [-0.15, -0.1) is 0 Å². The van der Waals surface area contributed by atoms with Gasteiger partial charge in [-0.25, -0.2) is 0 Å². The van der Waals surface area contributed by atoms with Gasteiger partial charge in [0, 0.05) is 5.39 Å². The third-order valence-electron chi connectivity index (χ3n) is 3.59. The van der Waals surface area contributed by atoms with Gasteiger partial charge in [-0.2, -0.15) is 0 Å². The van der Waals surface area contributed by atoms with E-state index in [1.54, 1.807) is 7.11 Å². The number of hydrogen-bond donors (Lipinski definition) is 1. The monoisotopic (exact) mass is 280 g/mol. The fourth-order valence-corrected chi connectivity index (χ4v) is 2.55. The first-order valence-corrected chi connectivity index (χ1v) is 6.67. The van der Waals surface area contributed by atoms with Gasteiger partial charge in [0.25, 0.3) is 5.56 Å². The van der Waals surface area contributed by atoms with Crippen molar-refractivity contribution in [3.8, 4) is 11.4 Å². The van der Waals surface area contributed by atoms with Crippen molar-refractivity contribution in [1.29, 1.82) is 0 Å². The first-order valence-electron chi connectivity index (χ1n) is 6.67. The fraction of sp³-hybridized carbons (Fsp3) is 0.118. The SMILES string of the molecule is COc1ccc(-n2c(N)cc3ccccc3c2=O)cc1C. The molecule has 106 valence electrons. The summed E-state index contributed by atoms with van der Waals surface area (Å²) < 4.78 is 6.77. The van der Waals surface area contributed by atoms with Crippen LogP contribution in [0.2, 0.25) is 0 Å². The molecule has 3 aromatic rings. The van der Waals surface area contributed by atoms with Gasteiger partial charge >= 0.3 is 0 Å². The third-order valence-corrected chi connectivity index (χ3v) is 3.59. The molecule has 1 aromatic heterocycles. The Bertz CT molecular complexity index is 882. The molecule has 0 bridgehead atoms. The summed E-state index contributed by atoms with van der Waals surface area (Å²) in [5.41, 5.74) is 7.65. The van der Waals surface area contributed by atoms with Crippen molar-refractivity contribution in [2.24, 2.45) is 0 Å². The Labute approximate surface area is 122 Å². The largest absolute Gasteiger partial charge is 0.496 e. The number of nitrogens with zero attached hydrogens (tertiary/aromatic N) is 1. The Morgan fingerprint density at radius 1 is 1.10 bits per heavy atom. The van der Waals surface area contributed by atoms with Crippen LogP contribution < -0.4 is 16.0 Å². The predicted molar refractivity (Wildman–Crippen MR) is 85.2 cm³/mol. The zero-order valence-electron chi connectivity index (χ0n) is 12.0. The van der Waals surface area contributed by atoms with E-state index < -0.39 is 0 Å². The van der Waals surface area contributed by atoms with Crippen LogP contribution in [0.25, 0.3) is 16.5 Å². The van der Waals surface area contributed by atoms with Crippen molar-refractivity contribution in [3.63, 3.8) is 0 Å². The minimum absolute atomic E-state index is 0.116. The van der Waals surface area contributed by atoms with Crippen molar-refractivity contribution in [2.75, 3.05) is 12.8 Å². The van der Waals surface area contributed by atoms with Crippen molar-refractivity contribution in [2.45, 2.75) is 6.92 Å². The molecule has 0 spiro atoms. The van der Waals surface area contributed by atoms with Gasteiger partial charge < -0.3 is 10.5 Å². The number of hydrogen-bond acceptors (Lipinski definition) is 3. The molecule has 0 amide bonds. The van der Waals surface area contributed by atoms with Crippen molar-refractivity contribution >= 4 is 16.6 Å². The van der Waals surface area contributed by atoms with Crippen molar-refractivity contribution < 1.29 is 4.74 Å². The van der Waals surface area contributed by atoms with E-state index in [1.165, 1.54) is 4.57 Å². The van der Waals surface area contributed by atoms with Crippen LogP contribution >= 0.6 is 0 Å². The van der Waals surface area contributed by atoms with Crippen LogP contribution in [0.4, 0.5) is 5.82 Å². The van der Waals surface area contributed by atoms with Crippen LogP contribution in [-0.4, -0.2) is 11.7 Å². The van der Waals surface area contributed by atoms with Gasteiger partial charge in [0.2, 0.25) is 0 Å². The minimum atomic E-state index is -0.116. The number of rotatable bonds is 2. The highest BCUT2D eigenvalue weighted by Gasteiger charge is 2.10. The number of fused-ring (bicyclic) bond motifs is 1. The summed E-state index contributed by atoms with van der Waals surface area (Å²) in [7, 11) is 1.62. The number of nitrogens with two attached hydrogens (primary N) is 1. The van der Waals surface area contributed by atoms with Gasteiger partial charge in [0.05, 0.1) is 12.8 Å².